The molecule has 102 valence electrons. The molecule has 0 aliphatic rings. The maximum atomic E-state index is 13.6. The van der Waals surface area contributed by atoms with Crippen molar-refractivity contribution in [1.29, 1.82) is 0 Å². The number of hydrogen-bond acceptors (Lipinski definition) is 4. The van der Waals surface area contributed by atoms with Gasteiger partial charge in [0.1, 0.15) is 5.82 Å². The van der Waals surface area contributed by atoms with E-state index in [4.69, 9.17) is 5.11 Å². The van der Waals surface area contributed by atoms with Crippen LogP contribution < -0.4 is 4.72 Å². The summed E-state index contributed by atoms with van der Waals surface area (Å²) in [5.74, 6) is -0.607. The second-order valence-electron chi connectivity index (χ2n) is 3.96. The van der Waals surface area contributed by atoms with Gasteiger partial charge in [-0.2, -0.15) is 5.10 Å². The number of aliphatic hydroxyl groups is 1. The SMILES string of the molecule is Cc1cc(S(=O)(=O)Nc2cn[nH]c2)cc(CO)c1F. The lowest BCUT2D eigenvalue weighted by Crippen LogP contribution is -2.13. The molecule has 19 heavy (non-hydrogen) atoms. The first-order valence-electron chi connectivity index (χ1n) is 5.35. The summed E-state index contributed by atoms with van der Waals surface area (Å²) in [6.45, 7) is 0.868. The molecule has 3 N–H and O–H groups in total. The van der Waals surface area contributed by atoms with Crippen LogP contribution in [0.5, 0.6) is 0 Å². The van der Waals surface area contributed by atoms with Gasteiger partial charge in [-0.25, -0.2) is 12.8 Å². The second kappa shape index (κ2) is 4.98. The number of benzene rings is 1. The fourth-order valence-corrected chi connectivity index (χ4v) is 2.77. The summed E-state index contributed by atoms with van der Waals surface area (Å²) in [5, 5.41) is 15.1. The molecule has 1 heterocycles. The zero-order chi connectivity index (χ0) is 14.0. The van der Waals surface area contributed by atoms with E-state index in [1.807, 2.05) is 0 Å². The Bertz CT molecular complexity index is 683. The molecule has 2 aromatic rings. The predicted molar refractivity (Wildman–Crippen MR) is 66.5 cm³/mol. The molecule has 0 fully saturated rings. The summed E-state index contributed by atoms with van der Waals surface area (Å²) < 4.78 is 40.0. The van der Waals surface area contributed by atoms with Gasteiger partial charge in [-0.3, -0.25) is 9.82 Å². The molecule has 8 heteroatoms. The Balaban J connectivity index is 2.43. The Hall–Kier alpha value is -1.93. The summed E-state index contributed by atoms with van der Waals surface area (Å²) in [4.78, 5) is -0.114. The number of nitrogens with one attached hydrogen (secondary N) is 2. The number of aliphatic hydroxyl groups excluding tert-OH is 1. The molecule has 2 rings (SSSR count). The van der Waals surface area contributed by atoms with Crippen LogP contribution in [0.1, 0.15) is 11.1 Å². The average Bonchev–Trinajstić information content (AvgIpc) is 2.84. The molecule has 0 saturated carbocycles. The van der Waals surface area contributed by atoms with Gasteiger partial charge in [0.25, 0.3) is 10.0 Å². The molecule has 0 unspecified atom stereocenters. The second-order valence-corrected chi connectivity index (χ2v) is 5.65. The molecule has 0 bridgehead atoms. The molecule has 1 aromatic heterocycles. The summed E-state index contributed by atoms with van der Waals surface area (Å²) in [6, 6.07) is 2.31. The summed E-state index contributed by atoms with van der Waals surface area (Å²) in [6.07, 6.45) is 2.68. The number of halogens is 1. The highest BCUT2D eigenvalue weighted by Gasteiger charge is 2.18. The number of aromatic nitrogens is 2. The third-order valence-electron chi connectivity index (χ3n) is 2.53. The normalized spacial score (nSPS) is 11.5. The first-order chi connectivity index (χ1) is 8.94. The summed E-state index contributed by atoms with van der Waals surface area (Å²) in [5.41, 5.74) is 0.360. The van der Waals surface area contributed by atoms with E-state index in [2.05, 4.69) is 14.9 Å². The van der Waals surface area contributed by atoms with E-state index >= 15 is 0 Å². The summed E-state index contributed by atoms with van der Waals surface area (Å²) >= 11 is 0. The number of anilines is 1. The number of hydrogen-bond donors (Lipinski definition) is 3. The van der Waals surface area contributed by atoms with Crippen molar-refractivity contribution in [2.75, 3.05) is 4.72 Å². The fourth-order valence-electron chi connectivity index (χ4n) is 1.60. The van der Waals surface area contributed by atoms with Gasteiger partial charge < -0.3 is 5.11 Å². The molecule has 1 aromatic carbocycles. The van der Waals surface area contributed by atoms with Crippen LogP contribution in [0, 0.1) is 12.7 Å². The molecule has 0 saturated heterocycles. The van der Waals surface area contributed by atoms with Gasteiger partial charge in [-0.15, -0.1) is 0 Å². The van der Waals surface area contributed by atoms with Gasteiger partial charge in [-0.1, -0.05) is 0 Å². The lowest BCUT2D eigenvalue weighted by molar-refractivity contribution is 0.275. The van der Waals surface area contributed by atoms with Crippen molar-refractivity contribution in [3.63, 3.8) is 0 Å². The van der Waals surface area contributed by atoms with Crippen molar-refractivity contribution >= 4 is 15.7 Å². The van der Waals surface area contributed by atoms with Crippen LogP contribution >= 0.6 is 0 Å². The molecular weight excluding hydrogens is 273 g/mol. The van der Waals surface area contributed by atoms with Crippen LogP contribution in [0.15, 0.2) is 29.4 Å². The minimum absolute atomic E-state index is 0.0624. The largest absolute Gasteiger partial charge is 0.392 e. The van der Waals surface area contributed by atoms with Gasteiger partial charge in [0.05, 0.1) is 23.4 Å². The Morgan fingerprint density at radius 1 is 1.47 bits per heavy atom. The maximum absolute atomic E-state index is 13.6. The standard InChI is InChI=1S/C11H12FN3O3S/c1-7-2-10(3-8(6-16)11(7)12)19(17,18)15-9-4-13-14-5-9/h2-5,15-16H,6H2,1H3,(H,13,14). The van der Waals surface area contributed by atoms with Crippen molar-refractivity contribution in [2.45, 2.75) is 18.4 Å². The average molecular weight is 285 g/mol. The van der Waals surface area contributed by atoms with Crippen LogP contribution in [0.25, 0.3) is 0 Å². The molecular formula is C11H12FN3O3S. The van der Waals surface area contributed by atoms with Crippen molar-refractivity contribution in [1.82, 2.24) is 10.2 Å². The van der Waals surface area contributed by atoms with Crippen LogP contribution in [-0.4, -0.2) is 23.7 Å². The third-order valence-corrected chi connectivity index (χ3v) is 3.90. The number of sulfonamides is 1. The first-order valence-corrected chi connectivity index (χ1v) is 6.84. The number of aromatic amines is 1. The molecule has 6 nitrogen and oxygen atoms in total. The lowest BCUT2D eigenvalue weighted by atomic mass is 10.1. The molecule has 0 atom stereocenters. The van der Waals surface area contributed by atoms with Gasteiger partial charge in [0.2, 0.25) is 0 Å². The van der Waals surface area contributed by atoms with E-state index in [0.717, 1.165) is 6.07 Å². The molecule has 0 radical (unpaired) electrons. The van der Waals surface area contributed by atoms with E-state index in [1.165, 1.54) is 25.4 Å². The maximum Gasteiger partial charge on any atom is 0.262 e. The Morgan fingerprint density at radius 2 is 2.21 bits per heavy atom. The predicted octanol–water partition coefficient (Wildman–Crippen LogP) is 1.15. The summed E-state index contributed by atoms with van der Waals surface area (Å²) in [7, 11) is -3.84. The zero-order valence-electron chi connectivity index (χ0n) is 10.0. The smallest absolute Gasteiger partial charge is 0.262 e. The monoisotopic (exact) mass is 285 g/mol. The van der Waals surface area contributed by atoms with Gasteiger partial charge >= 0.3 is 0 Å². The highest BCUT2D eigenvalue weighted by Crippen LogP contribution is 2.21. The molecule has 0 amide bonds. The van der Waals surface area contributed by atoms with Crippen LogP contribution in [0.3, 0.4) is 0 Å². The third kappa shape index (κ3) is 2.74. The Kier molecular flexibility index (Phi) is 3.54. The number of aryl methyl sites for hydroxylation is 1. The molecule has 0 spiro atoms. The Labute approximate surface area is 109 Å². The fraction of sp³-hybridized carbons (Fsp3) is 0.182. The minimum atomic E-state index is -3.84. The molecule has 0 aliphatic heterocycles. The van der Waals surface area contributed by atoms with Gasteiger partial charge in [0, 0.05) is 11.8 Å². The molecule has 0 aliphatic carbocycles. The number of rotatable bonds is 4. The number of nitrogens with zero attached hydrogens (tertiary/aromatic N) is 1. The highest BCUT2D eigenvalue weighted by atomic mass is 32.2. The van der Waals surface area contributed by atoms with Crippen LogP contribution in [-0.2, 0) is 16.6 Å². The lowest BCUT2D eigenvalue weighted by Gasteiger charge is -2.09. The Morgan fingerprint density at radius 3 is 2.79 bits per heavy atom. The van der Waals surface area contributed by atoms with Crippen molar-refractivity contribution < 1.29 is 17.9 Å². The zero-order valence-corrected chi connectivity index (χ0v) is 10.8. The highest BCUT2D eigenvalue weighted by molar-refractivity contribution is 7.92. The van der Waals surface area contributed by atoms with E-state index < -0.39 is 22.4 Å². The van der Waals surface area contributed by atoms with Crippen molar-refractivity contribution in [2.24, 2.45) is 0 Å². The van der Waals surface area contributed by atoms with E-state index in [9.17, 15) is 12.8 Å². The topological polar surface area (TPSA) is 95.1 Å². The van der Waals surface area contributed by atoms with Crippen LogP contribution in [0.2, 0.25) is 0 Å². The van der Waals surface area contributed by atoms with Crippen molar-refractivity contribution in [3.05, 3.63) is 41.5 Å². The van der Waals surface area contributed by atoms with E-state index in [0.29, 0.717) is 0 Å². The minimum Gasteiger partial charge on any atom is -0.392 e. The first kappa shape index (κ1) is 13.5. The van der Waals surface area contributed by atoms with E-state index in [-0.39, 0.29) is 21.7 Å². The van der Waals surface area contributed by atoms with Gasteiger partial charge in [0.15, 0.2) is 0 Å². The quantitative estimate of drug-likeness (QED) is 0.785. The van der Waals surface area contributed by atoms with Crippen molar-refractivity contribution in [3.8, 4) is 0 Å². The van der Waals surface area contributed by atoms with Gasteiger partial charge in [-0.05, 0) is 24.6 Å². The van der Waals surface area contributed by atoms with E-state index in [1.54, 1.807) is 0 Å². The number of H-pyrrole nitrogens is 1. The van der Waals surface area contributed by atoms with Crippen LogP contribution in [0.4, 0.5) is 10.1 Å².